The van der Waals surface area contributed by atoms with Crippen molar-refractivity contribution in [2.75, 3.05) is 0 Å². The van der Waals surface area contributed by atoms with E-state index in [9.17, 15) is 39.0 Å². The molecule has 0 amide bonds. The predicted molar refractivity (Wildman–Crippen MR) is 213 cm³/mol. The molecule has 2 atom stereocenters. The van der Waals surface area contributed by atoms with E-state index in [2.05, 4.69) is 13.8 Å². The van der Waals surface area contributed by atoms with Crippen molar-refractivity contribution in [3.05, 3.63) is 0 Å². The van der Waals surface area contributed by atoms with Crippen LogP contribution in [0.15, 0.2) is 0 Å². The molecule has 0 aromatic heterocycles. The van der Waals surface area contributed by atoms with E-state index in [0.717, 1.165) is 89.9 Å². The van der Waals surface area contributed by atoms with Gasteiger partial charge in [-0.3, -0.25) is 28.8 Å². The van der Waals surface area contributed by atoms with Gasteiger partial charge >= 0.3 is 35.8 Å². The number of carbonyl (C=O) groups is 6. The molecule has 0 fully saturated rings. The van der Waals surface area contributed by atoms with Crippen LogP contribution >= 0.6 is 0 Å². The summed E-state index contributed by atoms with van der Waals surface area (Å²) in [5.74, 6) is -6.38. The Hall–Kier alpha value is -2.78. The van der Waals surface area contributed by atoms with Crippen LogP contribution in [0.3, 0.4) is 0 Å². The molecule has 0 aromatic carbocycles. The van der Waals surface area contributed by atoms with Gasteiger partial charge < -0.3 is 19.7 Å². The first-order valence-corrected chi connectivity index (χ1v) is 22.0. The number of unbranched alkanes of at least 4 members (excludes halogenated alkanes) is 25. The first kappa shape index (κ1) is 51.2. The van der Waals surface area contributed by atoms with Crippen LogP contribution in [0.25, 0.3) is 0 Å². The number of carboxylic acid groups (broad SMARTS) is 2. The third-order valence-electron chi connectivity index (χ3n) is 10.3. The molecule has 54 heavy (non-hydrogen) atoms. The molecule has 0 spiro atoms. The second-order valence-corrected chi connectivity index (χ2v) is 15.4. The summed E-state index contributed by atoms with van der Waals surface area (Å²) in [6, 6.07) is 0. The quantitative estimate of drug-likeness (QED) is 0.0350. The van der Waals surface area contributed by atoms with Gasteiger partial charge in [0.25, 0.3) is 0 Å². The van der Waals surface area contributed by atoms with Crippen LogP contribution < -0.4 is 0 Å². The lowest BCUT2D eigenvalue weighted by Gasteiger charge is -2.13. The highest BCUT2D eigenvalue weighted by molar-refractivity contribution is 5.89. The van der Waals surface area contributed by atoms with E-state index in [1.54, 1.807) is 0 Å². The number of ether oxygens (including phenoxy) is 2. The summed E-state index contributed by atoms with van der Waals surface area (Å²) >= 11 is 0. The molecule has 0 aliphatic carbocycles. The lowest BCUT2D eigenvalue weighted by Crippen LogP contribution is -2.23. The van der Waals surface area contributed by atoms with Crippen LogP contribution in [0.4, 0.5) is 0 Å². The molecule has 10 heteroatoms. The van der Waals surface area contributed by atoms with Crippen molar-refractivity contribution in [2.45, 2.75) is 232 Å². The van der Waals surface area contributed by atoms with Crippen LogP contribution in [-0.2, 0) is 38.2 Å². The zero-order valence-corrected chi connectivity index (χ0v) is 34.4. The average molecular weight is 767 g/mol. The minimum absolute atomic E-state index is 0.122. The van der Waals surface area contributed by atoms with Crippen molar-refractivity contribution < 1.29 is 48.5 Å². The van der Waals surface area contributed by atoms with Crippen molar-refractivity contribution >= 4 is 35.8 Å². The molecule has 2 unspecified atom stereocenters. The lowest BCUT2D eigenvalue weighted by atomic mass is 9.97. The normalized spacial score (nSPS) is 12.3. The van der Waals surface area contributed by atoms with Crippen LogP contribution in [-0.4, -0.2) is 46.0 Å². The molecule has 314 valence electrons. The van der Waals surface area contributed by atoms with Gasteiger partial charge in [0.15, 0.2) is 0 Å². The van der Waals surface area contributed by atoms with Gasteiger partial charge in [-0.2, -0.15) is 0 Å². The molecule has 0 aromatic rings. The van der Waals surface area contributed by atoms with E-state index in [0.29, 0.717) is 25.7 Å². The van der Waals surface area contributed by atoms with E-state index in [-0.39, 0.29) is 25.7 Å². The Morgan fingerprint density at radius 2 is 0.611 bits per heavy atom. The maximum Gasteiger partial charge on any atom is 0.317 e. The maximum atomic E-state index is 12.5. The summed E-state index contributed by atoms with van der Waals surface area (Å²) in [6.45, 7) is 4.42. The van der Waals surface area contributed by atoms with Gasteiger partial charge in [-0.1, -0.05) is 181 Å². The summed E-state index contributed by atoms with van der Waals surface area (Å²) in [6.07, 6.45) is 30.0. The van der Waals surface area contributed by atoms with E-state index < -0.39 is 47.7 Å². The molecular formula is C44H78O10. The molecule has 0 rings (SSSR count). The van der Waals surface area contributed by atoms with Gasteiger partial charge in [-0.05, 0) is 25.7 Å². The number of carbonyl (C=O) groups excluding carboxylic acids is 4. The van der Waals surface area contributed by atoms with E-state index >= 15 is 0 Å². The molecular weight excluding hydrogens is 688 g/mol. The highest BCUT2D eigenvalue weighted by Gasteiger charge is 2.26. The van der Waals surface area contributed by atoms with E-state index in [1.165, 1.54) is 77.0 Å². The van der Waals surface area contributed by atoms with Gasteiger partial charge in [0.05, 0.1) is 24.7 Å². The molecule has 0 bridgehead atoms. The summed E-state index contributed by atoms with van der Waals surface area (Å²) < 4.78 is 10.0. The smallest absolute Gasteiger partial charge is 0.317 e. The Balaban J connectivity index is 4.03. The van der Waals surface area contributed by atoms with Gasteiger partial charge in [-0.15, -0.1) is 0 Å². The first-order chi connectivity index (χ1) is 26.1. The standard InChI is InChI=1S/C44H78O10/c1-3-5-7-9-11-13-15-19-23-27-31-37(35-39(45)46)43(51)53-41(49)33-29-25-21-17-18-22-26-30-34-42(50)54-44(52)38(36-40(47)48)32-28-24-20-16-14-12-10-8-6-4-2/h37-38H,3-36H2,1-2H3,(H,45,46)(H,47,48). The number of hydrogen-bond acceptors (Lipinski definition) is 8. The maximum absolute atomic E-state index is 12.5. The number of aliphatic carboxylic acids is 2. The van der Waals surface area contributed by atoms with Crippen molar-refractivity contribution in [2.24, 2.45) is 11.8 Å². The van der Waals surface area contributed by atoms with Crippen molar-refractivity contribution in [3.8, 4) is 0 Å². The summed E-state index contributed by atoms with van der Waals surface area (Å²) in [5.41, 5.74) is 0. The number of esters is 4. The van der Waals surface area contributed by atoms with E-state index in [4.69, 9.17) is 9.47 Å². The Kier molecular flexibility index (Phi) is 35.2. The molecule has 0 radical (unpaired) electrons. The molecule has 0 saturated heterocycles. The molecule has 0 saturated carbocycles. The van der Waals surface area contributed by atoms with Crippen LogP contribution in [0.1, 0.15) is 232 Å². The fraction of sp³-hybridized carbons (Fsp3) is 0.864. The predicted octanol–water partition coefficient (Wildman–Crippen LogP) is 11.8. The fourth-order valence-corrected chi connectivity index (χ4v) is 6.88. The van der Waals surface area contributed by atoms with E-state index in [1.807, 2.05) is 0 Å². The Bertz CT molecular complexity index is 916. The molecule has 0 aliphatic rings. The molecule has 0 aliphatic heterocycles. The third-order valence-corrected chi connectivity index (χ3v) is 10.3. The fourth-order valence-electron chi connectivity index (χ4n) is 6.88. The van der Waals surface area contributed by atoms with Crippen molar-refractivity contribution in [1.29, 1.82) is 0 Å². The second-order valence-electron chi connectivity index (χ2n) is 15.4. The summed E-state index contributed by atoms with van der Waals surface area (Å²) in [5, 5.41) is 18.5. The number of carboxylic acids is 2. The second kappa shape index (κ2) is 37.2. The third kappa shape index (κ3) is 33.8. The van der Waals surface area contributed by atoms with Crippen LogP contribution in [0.2, 0.25) is 0 Å². The zero-order valence-electron chi connectivity index (χ0n) is 34.4. The molecule has 0 heterocycles. The van der Waals surface area contributed by atoms with Gasteiger partial charge in [0.2, 0.25) is 0 Å². The van der Waals surface area contributed by atoms with Gasteiger partial charge in [0, 0.05) is 12.8 Å². The largest absolute Gasteiger partial charge is 0.481 e. The van der Waals surface area contributed by atoms with Crippen LogP contribution in [0, 0.1) is 11.8 Å². The highest BCUT2D eigenvalue weighted by Crippen LogP contribution is 2.21. The highest BCUT2D eigenvalue weighted by atomic mass is 16.6. The average Bonchev–Trinajstić information content (AvgIpc) is 3.12. The van der Waals surface area contributed by atoms with Crippen molar-refractivity contribution in [1.82, 2.24) is 0 Å². The SMILES string of the molecule is CCCCCCCCCCCCC(CC(=O)O)C(=O)OC(=O)CCCCCCCCCCC(=O)OC(=O)C(CCCCCCCCCCCC)CC(=O)O. The summed E-state index contributed by atoms with van der Waals surface area (Å²) in [4.78, 5) is 72.2. The topological polar surface area (TPSA) is 161 Å². The summed E-state index contributed by atoms with van der Waals surface area (Å²) in [7, 11) is 0. The van der Waals surface area contributed by atoms with Crippen molar-refractivity contribution in [3.63, 3.8) is 0 Å². The monoisotopic (exact) mass is 767 g/mol. The first-order valence-electron chi connectivity index (χ1n) is 22.0. The molecule has 2 N–H and O–H groups in total. The zero-order chi connectivity index (χ0) is 40.1. The molecule has 10 nitrogen and oxygen atoms in total. The van der Waals surface area contributed by atoms with Gasteiger partial charge in [-0.25, -0.2) is 0 Å². The Morgan fingerprint density at radius 1 is 0.370 bits per heavy atom. The van der Waals surface area contributed by atoms with Gasteiger partial charge in [0.1, 0.15) is 0 Å². The Morgan fingerprint density at radius 3 is 0.870 bits per heavy atom. The minimum atomic E-state index is -1.07. The minimum Gasteiger partial charge on any atom is -0.481 e. The number of rotatable bonds is 39. The lowest BCUT2D eigenvalue weighted by molar-refractivity contribution is -0.166. The number of hydrogen-bond donors (Lipinski definition) is 2. The van der Waals surface area contributed by atoms with Crippen LogP contribution in [0.5, 0.6) is 0 Å². The Labute approximate surface area is 327 Å².